The van der Waals surface area contributed by atoms with Crippen molar-refractivity contribution in [2.24, 2.45) is 5.73 Å². The van der Waals surface area contributed by atoms with E-state index in [1.165, 1.54) is 6.07 Å². The zero-order valence-corrected chi connectivity index (χ0v) is 9.59. The van der Waals surface area contributed by atoms with Crippen molar-refractivity contribution >= 4 is 17.3 Å². The van der Waals surface area contributed by atoms with Crippen molar-refractivity contribution in [2.45, 2.75) is 0 Å². The fourth-order valence-electron chi connectivity index (χ4n) is 1.48. The fourth-order valence-corrected chi connectivity index (χ4v) is 1.48. The minimum atomic E-state index is -0.588. The van der Waals surface area contributed by atoms with E-state index in [0.717, 1.165) is 0 Å². The number of nitrogens with two attached hydrogens (primary N) is 3. The largest absolute Gasteiger partial charge is 0.457 e. The number of amides is 1. The molecule has 0 fully saturated rings. The van der Waals surface area contributed by atoms with Crippen LogP contribution >= 0.6 is 0 Å². The van der Waals surface area contributed by atoms with Crippen molar-refractivity contribution < 1.29 is 9.53 Å². The highest BCUT2D eigenvalue weighted by atomic mass is 16.5. The van der Waals surface area contributed by atoms with Gasteiger partial charge in [0.05, 0.1) is 5.56 Å². The molecule has 0 aliphatic rings. The van der Waals surface area contributed by atoms with Crippen LogP contribution in [-0.2, 0) is 0 Å². The number of hydrogen-bond acceptors (Lipinski definition) is 4. The zero-order chi connectivity index (χ0) is 13.1. The molecule has 0 atom stereocenters. The Labute approximate surface area is 104 Å². The van der Waals surface area contributed by atoms with Crippen molar-refractivity contribution in [3.8, 4) is 11.5 Å². The van der Waals surface area contributed by atoms with Gasteiger partial charge in [0.2, 0.25) is 0 Å². The molecule has 0 radical (unpaired) electrons. The molecule has 5 heteroatoms. The molecule has 92 valence electrons. The summed E-state index contributed by atoms with van der Waals surface area (Å²) in [4.78, 5) is 11.1. The number of anilines is 2. The van der Waals surface area contributed by atoms with Gasteiger partial charge < -0.3 is 21.9 Å². The number of benzene rings is 2. The van der Waals surface area contributed by atoms with Gasteiger partial charge in [-0.3, -0.25) is 4.79 Å². The Morgan fingerprint density at radius 1 is 0.944 bits per heavy atom. The maximum Gasteiger partial charge on any atom is 0.250 e. The van der Waals surface area contributed by atoms with Crippen LogP contribution in [0.15, 0.2) is 42.5 Å². The third-order valence-electron chi connectivity index (χ3n) is 2.41. The van der Waals surface area contributed by atoms with Crippen LogP contribution in [0.5, 0.6) is 11.5 Å². The number of nitrogen functional groups attached to an aromatic ring is 2. The fraction of sp³-hybridized carbons (Fsp3) is 0. The minimum absolute atomic E-state index is 0.239. The van der Waals surface area contributed by atoms with Crippen LogP contribution in [-0.4, -0.2) is 5.91 Å². The van der Waals surface area contributed by atoms with Crippen LogP contribution in [0.4, 0.5) is 11.4 Å². The van der Waals surface area contributed by atoms with E-state index in [9.17, 15) is 4.79 Å². The van der Waals surface area contributed by atoms with E-state index in [1.54, 1.807) is 36.4 Å². The summed E-state index contributed by atoms with van der Waals surface area (Å²) in [5.41, 5.74) is 17.6. The summed E-state index contributed by atoms with van der Waals surface area (Å²) in [6.45, 7) is 0. The van der Waals surface area contributed by atoms with E-state index < -0.39 is 5.91 Å². The second kappa shape index (κ2) is 4.67. The predicted molar refractivity (Wildman–Crippen MR) is 70.3 cm³/mol. The van der Waals surface area contributed by atoms with Crippen LogP contribution in [0.1, 0.15) is 10.4 Å². The molecule has 0 saturated heterocycles. The minimum Gasteiger partial charge on any atom is -0.457 e. The monoisotopic (exact) mass is 243 g/mol. The average molecular weight is 243 g/mol. The van der Waals surface area contributed by atoms with E-state index in [2.05, 4.69) is 0 Å². The first-order valence-corrected chi connectivity index (χ1v) is 5.29. The first-order chi connectivity index (χ1) is 8.56. The molecule has 0 saturated carbocycles. The first kappa shape index (κ1) is 11.8. The summed E-state index contributed by atoms with van der Waals surface area (Å²) < 4.78 is 5.56. The molecule has 2 rings (SSSR count). The van der Waals surface area contributed by atoms with Gasteiger partial charge in [-0.05, 0) is 42.5 Å². The second-order valence-electron chi connectivity index (χ2n) is 3.78. The molecular formula is C13H13N3O2. The smallest absolute Gasteiger partial charge is 0.250 e. The van der Waals surface area contributed by atoms with E-state index in [0.29, 0.717) is 22.9 Å². The van der Waals surface area contributed by atoms with Gasteiger partial charge in [0.25, 0.3) is 5.91 Å². The van der Waals surface area contributed by atoms with Crippen LogP contribution in [0.2, 0.25) is 0 Å². The first-order valence-electron chi connectivity index (χ1n) is 5.29. The van der Waals surface area contributed by atoms with Gasteiger partial charge in [-0.2, -0.15) is 0 Å². The Kier molecular flexibility index (Phi) is 3.05. The third-order valence-corrected chi connectivity index (χ3v) is 2.41. The highest BCUT2D eigenvalue weighted by molar-refractivity contribution is 5.98. The van der Waals surface area contributed by atoms with Crippen molar-refractivity contribution in [3.63, 3.8) is 0 Å². The van der Waals surface area contributed by atoms with Gasteiger partial charge in [0.15, 0.2) is 0 Å². The summed E-state index contributed by atoms with van der Waals surface area (Å²) in [5, 5.41) is 0. The van der Waals surface area contributed by atoms with Gasteiger partial charge in [-0.1, -0.05) is 0 Å². The van der Waals surface area contributed by atoms with Crippen LogP contribution in [0, 0.1) is 0 Å². The topological polar surface area (TPSA) is 104 Å². The summed E-state index contributed by atoms with van der Waals surface area (Å²) in [5.74, 6) is 0.516. The van der Waals surface area contributed by atoms with E-state index >= 15 is 0 Å². The van der Waals surface area contributed by atoms with E-state index in [-0.39, 0.29) is 5.56 Å². The summed E-state index contributed by atoms with van der Waals surface area (Å²) >= 11 is 0. The number of hydrogen-bond donors (Lipinski definition) is 3. The highest BCUT2D eigenvalue weighted by Gasteiger charge is 2.07. The third kappa shape index (κ3) is 2.52. The SMILES string of the molecule is NC(=O)c1cc(Oc2ccc(N)cc2)ccc1N. The molecular weight excluding hydrogens is 230 g/mol. The lowest BCUT2D eigenvalue weighted by Gasteiger charge is -2.08. The second-order valence-corrected chi connectivity index (χ2v) is 3.78. The van der Waals surface area contributed by atoms with Crippen LogP contribution < -0.4 is 21.9 Å². The molecule has 1 amide bonds. The Morgan fingerprint density at radius 2 is 1.56 bits per heavy atom. The van der Waals surface area contributed by atoms with Gasteiger partial charge >= 0.3 is 0 Å². The molecule has 0 aliphatic heterocycles. The predicted octanol–water partition coefficient (Wildman–Crippen LogP) is 1.74. The summed E-state index contributed by atoms with van der Waals surface area (Å²) in [6, 6.07) is 11.7. The van der Waals surface area contributed by atoms with Crippen LogP contribution in [0.3, 0.4) is 0 Å². The maximum atomic E-state index is 11.1. The number of rotatable bonds is 3. The number of carbonyl (C=O) groups is 1. The van der Waals surface area contributed by atoms with Gasteiger partial charge in [-0.15, -0.1) is 0 Å². The lowest BCUT2D eigenvalue weighted by Crippen LogP contribution is -2.13. The number of primary amides is 1. The van der Waals surface area contributed by atoms with Crippen LogP contribution in [0.25, 0.3) is 0 Å². The normalized spacial score (nSPS) is 10.0. The lowest BCUT2D eigenvalue weighted by atomic mass is 10.1. The molecule has 6 N–H and O–H groups in total. The average Bonchev–Trinajstić information content (AvgIpc) is 2.34. The zero-order valence-electron chi connectivity index (χ0n) is 9.59. The molecule has 18 heavy (non-hydrogen) atoms. The van der Waals surface area contributed by atoms with E-state index in [1.807, 2.05) is 0 Å². The van der Waals surface area contributed by atoms with Gasteiger partial charge in [0.1, 0.15) is 11.5 Å². The Morgan fingerprint density at radius 3 is 2.17 bits per heavy atom. The molecule has 2 aromatic rings. The quantitative estimate of drug-likeness (QED) is 0.714. The Hall–Kier alpha value is -2.69. The summed E-state index contributed by atoms with van der Waals surface area (Å²) in [6.07, 6.45) is 0. The van der Waals surface area contributed by atoms with Crippen molar-refractivity contribution in [3.05, 3.63) is 48.0 Å². The maximum absolute atomic E-state index is 11.1. The molecule has 0 unspecified atom stereocenters. The Balaban J connectivity index is 2.27. The van der Waals surface area contributed by atoms with Crippen molar-refractivity contribution in [1.82, 2.24) is 0 Å². The molecule has 2 aromatic carbocycles. The van der Waals surface area contributed by atoms with Gasteiger partial charge in [-0.25, -0.2) is 0 Å². The molecule has 0 spiro atoms. The summed E-state index contributed by atoms with van der Waals surface area (Å²) in [7, 11) is 0. The van der Waals surface area contributed by atoms with E-state index in [4.69, 9.17) is 21.9 Å². The number of carbonyl (C=O) groups excluding carboxylic acids is 1. The molecule has 0 aliphatic carbocycles. The lowest BCUT2D eigenvalue weighted by molar-refractivity contribution is 0.100. The molecule has 5 nitrogen and oxygen atoms in total. The molecule has 0 bridgehead atoms. The molecule has 0 heterocycles. The number of ether oxygens (including phenoxy) is 1. The highest BCUT2D eigenvalue weighted by Crippen LogP contribution is 2.25. The van der Waals surface area contributed by atoms with Gasteiger partial charge in [0, 0.05) is 11.4 Å². The van der Waals surface area contributed by atoms with Crippen molar-refractivity contribution in [2.75, 3.05) is 11.5 Å². The van der Waals surface area contributed by atoms with Crippen molar-refractivity contribution in [1.29, 1.82) is 0 Å². The molecule has 0 aromatic heterocycles. The Bertz CT molecular complexity index is 579. The standard InChI is InChI=1S/C13H13N3O2/c14-8-1-3-9(4-2-8)18-10-5-6-12(15)11(7-10)13(16)17/h1-7H,14-15H2,(H2,16,17).